The van der Waals surface area contributed by atoms with Crippen molar-refractivity contribution >= 4 is 17.7 Å². The van der Waals surface area contributed by atoms with Crippen LogP contribution >= 0.6 is 0 Å². The minimum Gasteiger partial charge on any atom is -0.493 e. The standard InChI is InChI=1S/C31H32O11/c1-15(32)41-30-19-11-25(37-5)23(35-3)9-17(19)29(34)18-10-24(36-4)26(38-6)12-20(18)31(42-16(2)33)22-14-28(40-8)27(39-7)13-21(22)30/h9-14,30-31H,1-8H3/t30-,31-/m0/s1. The monoisotopic (exact) mass is 580 g/mol. The average molecular weight is 581 g/mol. The predicted octanol–water partition coefficient (Wildman–Crippen LogP) is 4.59. The van der Waals surface area contributed by atoms with Crippen LogP contribution in [0, 0.1) is 0 Å². The molecule has 42 heavy (non-hydrogen) atoms. The summed E-state index contributed by atoms with van der Waals surface area (Å²) in [6, 6.07) is 9.42. The second-order valence-corrected chi connectivity index (χ2v) is 9.23. The van der Waals surface area contributed by atoms with E-state index in [1.165, 1.54) is 68.6 Å². The molecule has 0 heterocycles. The highest BCUT2D eigenvalue weighted by Gasteiger charge is 2.38. The zero-order valence-electron chi connectivity index (χ0n) is 24.6. The Morgan fingerprint density at radius 2 is 0.738 bits per heavy atom. The Hall–Kier alpha value is -4.93. The lowest BCUT2D eigenvalue weighted by atomic mass is 9.90. The molecule has 3 aromatic carbocycles. The molecule has 0 N–H and O–H groups in total. The van der Waals surface area contributed by atoms with Gasteiger partial charge in [0.2, 0.25) is 0 Å². The number of ether oxygens (including phenoxy) is 8. The maximum absolute atomic E-state index is 14.5. The van der Waals surface area contributed by atoms with Crippen LogP contribution in [0.1, 0.15) is 64.2 Å². The molecule has 4 rings (SSSR count). The Morgan fingerprint density at radius 1 is 0.476 bits per heavy atom. The molecule has 0 aliphatic heterocycles. The van der Waals surface area contributed by atoms with Crippen LogP contribution in [-0.4, -0.2) is 60.4 Å². The Labute approximate surface area is 243 Å². The van der Waals surface area contributed by atoms with E-state index in [0.717, 1.165) is 0 Å². The van der Waals surface area contributed by atoms with Crippen molar-refractivity contribution in [1.29, 1.82) is 0 Å². The Morgan fingerprint density at radius 3 is 1.00 bits per heavy atom. The Balaban J connectivity index is 2.27. The van der Waals surface area contributed by atoms with E-state index in [0.29, 0.717) is 45.3 Å². The van der Waals surface area contributed by atoms with E-state index in [1.807, 2.05) is 0 Å². The number of methoxy groups -OCH3 is 6. The van der Waals surface area contributed by atoms with Crippen LogP contribution in [0.25, 0.3) is 0 Å². The lowest BCUT2D eigenvalue weighted by Crippen LogP contribution is -2.18. The number of fused-ring (bicyclic) bond motifs is 3. The van der Waals surface area contributed by atoms with Gasteiger partial charge in [-0.05, 0) is 36.4 Å². The van der Waals surface area contributed by atoms with E-state index in [9.17, 15) is 14.4 Å². The number of hydrogen-bond donors (Lipinski definition) is 0. The van der Waals surface area contributed by atoms with Crippen molar-refractivity contribution < 1.29 is 52.3 Å². The van der Waals surface area contributed by atoms with Gasteiger partial charge in [-0.3, -0.25) is 14.4 Å². The first-order chi connectivity index (χ1) is 20.1. The molecule has 222 valence electrons. The summed E-state index contributed by atoms with van der Waals surface area (Å²) in [5.74, 6) is 0.0374. The third kappa shape index (κ3) is 5.37. The van der Waals surface area contributed by atoms with Gasteiger partial charge >= 0.3 is 11.9 Å². The van der Waals surface area contributed by atoms with Gasteiger partial charge in [0.15, 0.2) is 52.5 Å². The van der Waals surface area contributed by atoms with Crippen molar-refractivity contribution in [3.8, 4) is 34.5 Å². The van der Waals surface area contributed by atoms with Crippen LogP contribution < -0.4 is 28.4 Å². The normalized spacial score (nSPS) is 15.4. The van der Waals surface area contributed by atoms with E-state index >= 15 is 0 Å². The minimum atomic E-state index is -1.17. The number of rotatable bonds is 8. The number of hydrogen-bond acceptors (Lipinski definition) is 11. The maximum atomic E-state index is 14.5. The highest BCUT2D eigenvalue weighted by Crippen LogP contribution is 2.48. The molecule has 1 aliphatic carbocycles. The first-order valence-corrected chi connectivity index (χ1v) is 12.8. The Kier molecular flexibility index (Phi) is 8.79. The summed E-state index contributed by atoms with van der Waals surface area (Å²) < 4.78 is 45.1. The van der Waals surface area contributed by atoms with Crippen LogP contribution in [0.2, 0.25) is 0 Å². The van der Waals surface area contributed by atoms with Crippen LogP contribution in [-0.2, 0) is 19.1 Å². The van der Waals surface area contributed by atoms with Gasteiger partial charge in [0.05, 0.1) is 42.7 Å². The molecule has 0 fully saturated rings. The fourth-order valence-electron chi connectivity index (χ4n) is 5.05. The zero-order chi connectivity index (χ0) is 30.7. The molecule has 3 aromatic rings. The van der Waals surface area contributed by atoms with Gasteiger partial charge in [-0.2, -0.15) is 0 Å². The first kappa shape index (κ1) is 30.0. The largest absolute Gasteiger partial charge is 0.493 e. The second-order valence-electron chi connectivity index (χ2n) is 9.23. The van der Waals surface area contributed by atoms with E-state index in [2.05, 4.69) is 0 Å². The van der Waals surface area contributed by atoms with Crippen LogP contribution in [0.4, 0.5) is 0 Å². The maximum Gasteiger partial charge on any atom is 0.303 e. The third-order valence-corrected chi connectivity index (χ3v) is 6.89. The first-order valence-electron chi connectivity index (χ1n) is 12.8. The van der Waals surface area contributed by atoms with E-state index < -0.39 is 29.9 Å². The summed E-state index contributed by atoms with van der Waals surface area (Å²) in [5.41, 5.74) is 1.64. The van der Waals surface area contributed by atoms with Gasteiger partial charge in [0.1, 0.15) is 0 Å². The molecular formula is C31H32O11. The second kappa shape index (κ2) is 12.3. The molecule has 0 saturated heterocycles. The zero-order valence-corrected chi connectivity index (χ0v) is 24.6. The number of carbonyl (C=O) groups excluding carboxylic acids is 3. The van der Waals surface area contributed by atoms with Gasteiger partial charge in [-0.15, -0.1) is 0 Å². The molecule has 0 unspecified atom stereocenters. The summed E-state index contributed by atoms with van der Waals surface area (Å²) in [6.07, 6.45) is -2.35. The van der Waals surface area contributed by atoms with E-state index in [-0.39, 0.29) is 22.6 Å². The molecule has 11 heteroatoms. The smallest absolute Gasteiger partial charge is 0.303 e. The highest BCUT2D eigenvalue weighted by atomic mass is 16.6. The topological polar surface area (TPSA) is 125 Å². The van der Waals surface area contributed by atoms with Crippen LogP contribution in [0.15, 0.2) is 36.4 Å². The summed E-state index contributed by atoms with van der Waals surface area (Å²) >= 11 is 0. The fraction of sp³-hybridized carbons (Fsp3) is 0.323. The third-order valence-electron chi connectivity index (χ3n) is 6.89. The van der Waals surface area contributed by atoms with Crippen molar-refractivity contribution in [2.24, 2.45) is 0 Å². The number of ketones is 1. The SMILES string of the molecule is COc1cc2c(cc1OC)[C@H](OC(C)=O)c1cc(OC)c(OC)cc1[C@@H](OC(C)=O)c1cc(OC)c(OC)cc1C2=O. The molecule has 0 amide bonds. The molecule has 0 spiro atoms. The summed E-state index contributed by atoms with van der Waals surface area (Å²) in [4.78, 5) is 39.6. The van der Waals surface area contributed by atoms with Crippen molar-refractivity contribution in [3.05, 3.63) is 69.8 Å². The number of benzene rings is 3. The van der Waals surface area contributed by atoms with Gasteiger partial charge in [0.25, 0.3) is 0 Å². The van der Waals surface area contributed by atoms with Crippen LogP contribution in [0.3, 0.4) is 0 Å². The van der Waals surface area contributed by atoms with Gasteiger partial charge in [0, 0.05) is 47.2 Å². The lowest BCUT2D eigenvalue weighted by Gasteiger charge is -2.27. The highest BCUT2D eigenvalue weighted by molar-refractivity contribution is 6.12. The average Bonchev–Trinajstić information content (AvgIpc) is 3.01. The van der Waals surface area contributed by atoms with Crippen molar-refractivity contribution in [2.45, 2.75) is 26.1 Å². The van der Waals surface area contributed by atoms with Gasteiger partial charge in [-0.25, -0.2) is 0 Å². The molecule has 2 atom stereocenters. The molecule has 0 radical (unpaired) electrons. The molecule has 1 aliphatic rings. The van der Waals surface area contributed by atoms with E-state index in [1.54, 1.807) is 24.3 Å². The summed E-state index contributed by atoms with van der Waals surface area (Å²) in [5, 5.41) is 0. The molecular weight excluding hydrogens is 548 g/mol. The molecule has 0 bridgehead atoms. The molecule has 11 nitrogen and oxygen atoms in total. The van der Waals surface area contributed by atoms with Crippen LogP contribution in [0.5, 0.6) is 34.5 Å². The number of esters is 2. The minimum absolute atomic E-state index is 0.150. The van der Waals surface area contributed by atoms with E-state index in [4.69, 9.17) is 37.9 Å². The van der Waals surface area contributed by atoms with Gasteiger partial charge < -0.3 is 37.9 Å². The summed E-state index contributed by atoms with van der Waals surface area (Å²) in [6.45, 7) is 2.51. The molecule has 0 saturated carbocycles. The number of carbonyl (C=O) groups is 3. The fourth-order valence-corrected chi connectivity index (χ4v) is 5.05. The summed E-state index contributed by atoms with van der Waals surface area (Å²) in [7, 11) is 8.71. The lowest BCUT2D eigenvalue weighted by molar-refractivity contribution is -0.146. The van der Waals surface area contributed by atoms with Gasteiger partial charge in [-0.1, -0.05) is 0 Å². The molecule has 0 aromatic heterocycles. The quantitative estimate of drug-likeness (QED) is 0.348. The van der Waals surface area contributed by atoms with Crippen molar-refractivity contribution in [3.63, 3.8) is 0 Å². The van der Waals surface area contributed by atoms with Crippen molar-refractivity contribution in [2.75, 3.05) is 42.7 Å². The van der Waals surface area contributed by atoms with Crippen molar-refractivity contribution in [1.82, 2.24) is 0 Å². The predicted molar refractivity (Wildman–Crippen MR) is 149 cm³/mol. The Bertz CT molecular complexity index is 1430.